The Labute approximate surface area is 144 Å². The molecule has 2 rings (SSSR count). The van der Waals surface area contributed by atoms with E-state index < -0.39 is 0 Å². The van der Waals surface area contributed by atoms with Gasteiger partial charge in [-0.1, -0.05) is 37.3 Å². The molecule has 4 nitrogen and oxygen atoms in total. The number of amides is 1. The fraction of sp³-hybridized carbons (Fsp3) is 0.350. The van der Waals surface area contributed by atoms with Crippen molar-refractivity contribution in [1.29, 1.82) is 0 Å². The van der Waals surface area contributed by atoms with E-state index in [1.54, 1.807) is 0 Å². The summed E-state index contributed by atoms with van der Waals surface area (Å²) in [7, 11) is 0. The summed E-state index contributed by atoms with van der Waals surface area (Å²) < 4.78 is 5.77. The van der Waals surface area contributed by atoms with Gasteiger partial charge in [-0.15, -0.1) is 0 Å². The molecule has 0 aliphatic carbocycles. The van der Waals surface area contributed by atoms with E-state index >= 15 is 0 Å². The third-order valence-electron chi connectivity index (χ3n) is 3.48. The summed E-state index contributed by atoms with van der Waals surface area (Å²) >= 11 is 0. The first-order valence-corrected chi connectivity index (χ1v) is 8.42. The first-order valence-electron chi connectivity index (χ1n) is 8.42. The van der Waals surface area contributed by atoms with Crippen molar-refractivity contribution in [1.82, 2.24) is 5.32 Å². The van der Waals surface area contributed by atoms with Crippen molar-refractivity contribution < 1.29 is 9.53 Å². The number of ether oxygens (including phenoxy) is 1. The van der Waals surface area contributed by atoms with Crippen molar-refractivity contribution in [3.8, 4) is 5.75 Å². The molecule has 0 aromatic heterocycles. The van der Waals surface area contributed by atoms with E-state index in [-0.39, 0.29) is 12.0 Å². The van der Waals surface area contributed by atoms with Gasteiger partial charge in [0.2, 0.25) is 5.91 Å². The zero-order valence-electron chi connectivity index (χ0n) is 14.6. The van der Waals surface area contributed by atoms with Crippen LogP contribution in [0.3, 0.4) is 0 Å². The molecule has 128 valence electrons. The molecule has 0 radical (unpaired) electrons. The number of rotatable bonds is 8. The molecular weight excluding hydrogens is 300 g/mol. The van der Waals surface area contributed by atoms with Gasteiger partial charge in [-0.05, 0) is 44.2 Å². The number of anilines is 1. The SMILES string of the molecule is CCNCc1cccc(NC(=O)Cc2ccccc2OC(C)C)c1. The first-order chi connectivity index (χ1) is 11.6. The average molecular weight is 326 g/mol. The Balaban J connectivity index is 2.01. The molecule has 0 saturated heterocycles. The molecule has 0 heterocycles. The summed E-state index contributed by atoms with van der Waals surface area (Å²) in [6, 6.07) is 15.6. The maximum atomic E-state index is 12.4. The number of carbonyl (C=O) groups is 1. The highest BCUT2D eigenvalue weighted by Gasteiger charge is 2.10. The highest BCUT2D eigenvalue weighted by atomic mass is 16.5. The Kier molecular flexibility index (Phi) is 6.82. The Morgan fingerprint density at radius 2 is 1.92 bits per heavy atom. The standard InChI is InChI=1S/C20H26N2O2/c1-4-21-14-16-8-7-10-18(12-16)22-20(23)13-17-9-5-6-11-19(17)24-15(2)3/h5-12,15,21H,4,13-14H2,1-3H3,(H,22,23). The number of benzene rings is 2. The largest absolute Gasteiger partial charge is 0.491 e. The summed E-state index contributed by atoms with van der Waals surface area (Å²) in [6.07, 6.45) is 0.373. The van der Waals surface area contributed by atoms with Gasteiger partial charge in [-0.3, -0.25) is 4.79 Å². The number of hydrogen-bond acceptors (Lipinski definition) is 3. The maximum Gasteiger partial charge on any atom is 0.228 e. The van der Waals surface area contributed by atoms with Crippen LogP contribution >= 0.6 is 0 Å². The van der Waals surface area contributed by atoms with E-state index in [0.29, 0.717) is 6.42 Å². The van der Waals surface area contributed by atoms with Crippen LogP contribution in [0.25, 0.3) is 0 Å². The molecule has 0 bridgehead atoms. The summed E-state index contributed by atoms with van der Waals surface area (Å²) in [5, 5.41) is 6.25. The van der Waals surface area contributed by atoms with Gasteiger partial charge in [0.25, 0.3) is 0 Å². The second-order valence-corrected chi connectivity index (χ2v) is 5.98. The van der Waals surface area contributed by atoms with E-state index in [4.69, 9.17) is 4.74 Å². The van der Waals surface area contributed by atoms with Crippen LogP contribution in [-0.2, 0) is 17.8 Å². The Hall–Kier alpha value is -2.33. The Bertz CT molecular complexity index is 668. The van der Waals surface area contributed by atoms with Gasteiger partial charge in [0.1, 0.15) is 5.75 Å². The molecule has 0 aliphatic heterocycles. The molecule has 1 amide bonds. The number of carbonyl (C=O) groups excluding carboxylic acids is 1. The van der Waals surface area contributed by atoms with Gasteiger partial charge in [-0.2, -0.15) is 0 Å². The van der Waals surface area contributed by atoms with E-state index in [9.17, 15) is 4.79 Å². The van der Waals surface area contributed by atoms with Gasteiger partial charge in [0.15, 0.2) is 0 Å². The van der Waals surface area contributed by atoms with E-state index in [0.717, 1.165) is 35.7 Å². The lowest BCUT2D eigenvalue weighted by molar-refractivity contribution is -0.115. The molecule has 2 N–H and O–H groups in total. The molecule has 2 aromatic rings. The van der Waals surface area contributed by atoms with E-state index in [1.807, 2.05) is 62.4 Å². The molecule has 0 unspecified atom stereocenters. The van der Waals surface area contributed by atoms with Crippen LogP contribution in [-0.4, -0.2) is 18.6 Å². The molecule has 24 heavy (non-hydrogen) atoms. The summed E-state index contributed by atoms with van der Waals surface area (Å²) in [5.74, 6) is 0.721. The average Bonchev–Trinajstić information content (AvgIpc) is 2.54. The number of nitrogens with one attached hydrogen (secondary N) is 2. The molecule has 0 fully saturated rings. The normalized spacial score (nSPS) is 10.7. The summed E-state index contributed by atoms with van der Waals surface area (Å²) in [6.45, 7) is 7.75. The van der Waals surface area contributed by atoms with Crippen LogP contribution in [0.5, 0.6) is 5.75 Å². The maximum absolute atomic E-state index is 12.4. The predicted molar refractivity (Wildman–Crippen MR) is 98.4 cm³/mol. The highest BCUT2D eigenvalue weighted by molar-refractivity contribution is 5.92. The minimum atomic E-state index is -0.0459. The molecule has 0 spiro atoms. The minimum absolute atomic E-state index is 0.0459. The van der Waals surface area contributed by atoms with Crippen molar-refractivity contribution in [3.63, 3.8) is 0 Å². The smallest absolute Gasteiger partial charge is 0.228 e. The topological polar surface area (TPSA) is 50.4 Å². The molecule has 0 saturated carbocycles. The van der Waals surface area contributed by atoms with Crippen LogP contribution < -0.4 is 15.4 Å². The molecule has 2 aromatic carbocycles. The second-order valence-electron chi connectivity index (χ2n) is 5.98. The fourth-order valence-electron chi connectivity index (χ4n) is 2.43. The Morgan fingerprint density at radius 3 is 2.67 bits per heavy atom. The summed E-state index contributed by atoms with van der Waals surface area (Å²) in [5.41, 5.74) is 2.86. The lowest BCUT2D eigenvalue weighted by Gasteiger charge is -2.14. The van der Waals surface area contributed by atoms with Crippen LogP contribution in [0.1, 0.15) is 31.9 Å². The Morgan fingerprint density at radius 1 is 1.12 bits per heavy atom. The first kappa shape index (κ1) is 18.0. The van der Waals surface area contributed by atoms with Crippen molar-refractivity contribution in [2.75, 3.05) is 11.9 Å². The minimum Gasteiger partial charge on any atom is -0.491 e. The zero-order chi connectivity index (χ0) is 17.4. The monoisotopic (exact) mass is 326 g/mol. The zero-order valence-corrected chi connectivity index (χ0v) is 14.6. The van der Waals surface area contributed by atoms with Crippen LogP contribution in [0.2, 0.25) is 0 Å². The highest BCUT2D eigenvalue weighted by Crippen LogP contribution is 2.20. The van der Waals surface area contributed by atoms with Crippen molar-refractivity contribution in [3.05, 3.63) is 59.7 Å². The van der Waals surface area contributed by atoms with Gasteiger partial charge in [0.05, 0.1) is 12.5 Å². The van der Waals surface area contributed by atoms with E-state index in [2.05, 4.69) is 17.6 Å². The third kappa shape index (κ3) is 5.70. The van der Waals surface area contributed by atoms with Gasteiger partial charge >= 0.3 is 0 Å². The third-order valence-corrected chi connectivity index (χ3v) is 3.48. The fourth-order valence-corrected chi connectivity index (χ4v) is 2.43. The van der Waals surface area contributed by atoms with Crippen molar-refractivity contribution in [2.24, 2.45) is 0 Å². The molecular formula is C20H26N2O2. The molecule has 0 aliphatic rings. The molecule has 0 atom stereocenters. The molecule has 4 heteroatoms. The predicted octanol–water partition coefficient (Wildman–Crippen LogP) is 3.76. The van der Waals surface area contributed by atoms with Gasteiger partial charge in [-0.25, -0.2) is 0 Å². The lowest BCUT2D eigenvalue weighted by Crippen LogP contribution is -2.16. The van der Waals surface area contributed by atoms with Crippen LogP contribution in [0.15, 0.2) is 48.5 Å². The summed E-state index contributed by atoms with van der Waals surface area (Å²) in [4.78, 5) is 12.4. The number of para-hydroxylation sites is 1. The van der Waals surface area contributed by atoms with Crippen LogP contribution in [0, 0.1) is 0 Å². The van der Waals surface area contributed by atoms with Crippen LogP contribution in [0.4, 0.5) is 5.69 Å². The quantitative estimate of drug-likeness (QED) is 0.776. The van der Waals surface area contributed by atoms with Crippen molar-refractivity contribution >= 4 is 11.6 Å². The number of hydrogen-bond donors (Lipinski definition) is 2. The van der Waals surface area contributed by atoms with Gasteiger partial charge < -0.3 is 15.4 Å². The second kappa shape index (κ2) is 9.08. The van der Waals surface area contributed by atoms with Crippen molar-refractivity contribution in [2.45, 2.75) is 39.8 Å². The van der Waals surface area contributed by atoms with E-state index in [1.165, 1.54) is 0 Å². The van der Waals surface area contributed by atoms with Gasteiger partial charge in [0, 0.05) is 17.8 Å². The lowest BCUT2D eigenvalue weighted by atomic mass is 10.1.